The molecule has 0 radical (unpaired) electrons. The predicted octanol–water partition coefficient (Wildman–Crippen LogP) is 6.15. The van der Waals surface area contributed by atoms with Crippen LogP contribution in [0, 0.1) is 6.92 Å². The van der Waals surface area contributed by atoms with Crippen molar-refractivity contribution in [2.45, 2.75) is 63.0 Å². The number of amides is 1. The Balaban J connectivity index is 1.31. The van der Waals surface area contributed by atoms with Gasteiger partial charge in [-0.2, -0.15) is 0 Å². The Morgan fingerprint density at radius 1 is 0.833 bits per heavy atom. The Morgan fingerprint density at radius 3 is 2.31 bits per heavy atom. The first-order chi connectivity index (χ1) is 17.7. The van der Waals surface area contributed by atoms with E-state index in [0.717, 1.165) is 54.5 Å². The number of nitrogens with one attached hydrogen (secondary N) is 1. The van der Waals surface area contributed by atoms with Gasteiger partial charge in [-0.1, -0.05) is 102 Å². The lowest BCUT2D eigenvalue weighted by atomic mass is 10.1. The van der Waals surface area contributed by atoms with Crippen LogP contribution in [0.25, 0.3) is 0 Å². The summed E-state index contributed by atoms with van der Waals surface area (Å²) in [4.78, 5) is 12.3. The van der Waals surface area contributed by atoms with Crippen molar-refractivity contribution in [2.75, 3.05) is 0 Å². The second-order valence-electron chi connectivity index (χ2n) is 9.03. The number of carbonyl (C=O) groups is 1. The third kappa shape index (κ3) is 8.09. The zero-order valence-corrected chi connectivity index (χ0v) is 21.7. The van der Waals surface area contributed by atoms with E-state index in [-0.39, 0.29) is 5.91 Å². The topological polar surface area (TPSA) is 59.8 Å². The summed E-state index contributed by atoms with van der Waals surface area (Å²) < 4.78 is 2.27. The van der Waals surface area contributed by atoms with Crippen LogP contribution in [-0.2, 0) is 36.5 Å². The fourth-order valence-corrected chi connectivity index (χ4v) is 5.05. The lowest BCUT2D eigenvalue weighted by Crippen LogP contribution is -2.22. The van der Waals surface area contributed by atoms with Crippen LogP contribution >= 0.6 is 11.8 Å². The molecule has 0 atom stereocenters. The van der Waals surface area contributed by atoms with Crippen LogP contribution in [0.3, 0.4) is 0 Å². The maximum Gasteiger partial charge on any atom is 0.220 e. The highest BCUT2D eigenvalue weighted by Gasteiger charge is 2.13. The van der Waals surface area contributed by atoms with Crippen LogP contribution in [0.1, 0.15) is 47.3 Å². The quantitative estimate of drug-likeness (QED) is 0.177. The van der Waals surface area contributed by atoms with Gasteiger partial charge in [0.25, 0.3) is 0 Å². The molecule has 0 saturated heterocycles. The molecule has 4 rings (SSSR count). The highest BCUT2D eigenvalue weighted by molar-refractivity contribution is 7.98. The van der Waals surface area contributed by atoms with E-state index in [4.69, 9.17) is 0 Å². The second-order valence-corrected chi connectivity index (χ2v) is 9.98. The number of rotatable bonds is 13. The summed E-state index contributed by atoms with van der Waals surface area (Å²) in [6, 6.07) is 29.2. The summed E-state index contributed by atoms with van der Waals surface area (Å²) in [5, 5.41) is 13.1. The number of carbonyl (C=O) groups excluding carboxylic acids is 1. The number of benzene rings is 3. The van der Waals surface area contributed by atoms with Crippen LogP contribution in [0.5, 0.6) is 0 Å². The van der Waals surface area contributed by atoms with Gasteiger partial charge < -0.3 is 9.88 Å². The number of aryl methyl sites for hydroxylation is 3. The average molecular weight is 499 g/mol. The normalized spacial score (nSPS) is 10.9. The molecule has 186 valence electrons. The summed E-state index contributed by atoms with van der Waals surface area (Å²) in [6.07, 6.45) is 4.02. The van der Waals surface area contributed by atoms with Crippen molar-refractivity contribution in [1.29, 1.82) is 0 Å². The first-order valence-electron chi connectivity index (χ1n) is 12.6. The Bertz CT molecular complexity index is 1220. The number of aromatic nitrogens is 3. The van der Waals surface area contributed by atoms with Gasteiger partial charge in [0.2, 0.25) is 5.91 Å². The van der Waals surface area contributed by atoms with Crippen molar-refractivity contribution in [3.8, 4) is 0 Å². The minimum atomic E-state index is 0.0961. The van der Waals surface area contributed by atoms with Crippen molar-refractivity contribution in [3.05, 3.63) is 113 Å². The Morgan fingerprint density at radius 2 is 1.56 bits per heavy atom. The van der Waals surface area contributed by atoms with Crippen molar-refractivity contribution in [3.63, 3.8) is 0 Å². The predicted molar refractivity (Wildman–Crippen MR) is 147 cm³/mol. The van der Waals surface area contributed by atoms with E-state index >= 15 is 0 Å². The van der Waals surface area contributed by atoms with Gasteiger partial charge in [-0.3, -0.25) is 4.79 Å². The average Bonchev–Trinajstić information content (AvgIpc) is 3.30. The molecule has 5 nitrogen and oxygen atoms in total. The number of hydrogen-bond acceptors (Lipinski definition) is 4. The molecule has 1 heterocycles. The van der Waals surface area contributed by atoms with Crippen LogP contribution < -0.4 is 5.32 Å². The van der Waals surface area contributed by atoms with Gasteiger partial charge in [-0.05, 0) is 42.9 Å². The van der Waals surface area contributed by atoms with Gasteiger partial charge >= 0.3 is 0 Å². The van der Waals surface area contributed by atoms with Crippen molar-refractivity contribution in [2.24, 2.45) is 0 Å². The third-order valence-electron chi connectivity index (χ3n) is 6.10. The van der Waals surface area contributed by atoms with Gasteiger partial charge in [0, 0.05) is 31.7 Å². The summed E-state index contributed by atoms with van der Waals surface area (Å²) in [7, 11) is 0. The van der Waals surface area contributed by atoms with Gasteiger partial charge in [0.15, 0.2) is 5.16 Å². The molecule has 3 aromatic carbocycles. The van der Waals surface area contributed by atoms with Gasteiger partial charge in [-0.25, -0.2) is 0 Å². The van der Waals surface area contributed by atoms with E-state index in [1.54, 1.807) is 11.8 Å². The van der Waals surface area contributed by atoms with E-state index in [0.29, 0.717) is 13.0 Å². The number of nitrogens with zero attached hydrogens (tertiary/aromatic N) is 3. The van der Waals surface area contributed by atoms with Gasteiger partial charge in [-0.15, -0.1) is 10.2 Å². The summed E-state index contributed by atoms with van der Waals surface area (Å²) in [5.41, 5.74) is 4.99. The van der Waals surface area contributed by atoms with Gasteiger partial charge in [0.05, 0.1) is 0 Å². The molecule has 1 amide bonds. The minimum Gasteiger partial charge on any atom is -0.352 e. The molecule has 0 aliphatic carbocycles. The molecule has 4 aromatic rings. The highest BCUT2D eigenvalue weighted by Crippen LogP contribution is 2.23. The number of hydrogen-bond donors (Lipinski definition) is 1. The zero-order chi connectivity index (χ0) is 25.0. The van der Waals surface area contributed by atoms with Crippen LogP contribution in [0.4, 0.5) is 0 Å². The molecule has 1 N–H and O–H groups in total. The summed E-state index contributed by atoms with van der Waals surface area (Å²) in [6.45, 7) is 3.55. The highest BCUT2D eigenvalue weighted by atomic mass is 32.2. The summed E-state index contributed by atoms with van der Waals surface area (Å²) in [5.74, 6) is 1.97. The van der Waals surface area contributed by atoms with Crippen LogP contribution in [0.15, 0.2) is 90.1 Å². The van der Waals surface area contributed by atoms with E-state index in [9.17, 15) is 4.79 Å². The van der Waals surface area contributed by atoms with Crippen LogP contribution in [-0.4, -0.2) is 20.7 Å². The van der Waals surface area contributed by atoms with E-state index in [1.807, 2.05) is 36.4 Å². The van der Waals surface area contributed by atoms with Crippen molar-refractivity contribution in [1.82, 2.24) is 20.1 Å². The fraction of sp³-hybridized carbons (Fsp3) is 0.300. The standard InChI is InChI=1S/C30H34N4OS/c1-24-11-10-16-27(21-24)23-36-30-33-32-28(34(30)20-19-25-12-4-2-5-13-25)17-8-9-18-29(35)31-22-26-14-6-3-7-15-26/h2-7,10-16,21H,8-9,17-20,22-23H2,1H3,(H,31,35). The molecule has 0 aliphatic heterocycles. The molecule has 0 spiro atoms. The van der Waals surface area contributed by atoms with Crippen molar-refractivity contribution < 1.29 is 4.79 Å². The maximum absolute atomic E-state index is 12.3. The Labute approximate surface area is 218 Å². The number of unbranched alkanes of at least 4 members (excludes halogenated alkanes) is 1. The monoisotopic (exact) mass is 498 g/mol. The van der Waals surface area contributed by atoms with E-state index < -0.39 is 0 Å². The molecule has 36 heavy (non-hydrogen) atoms. The fourth-order valence-electron chi connectivity index (χ4n) is 4.12. The van der Waals surface area contributed by atoms with E-state index in [1.165, 1.54) is 16.7 Å². The number of thioether (sulfide) groups is 1. The lowest BCUT2D eigenvalue weighted by molar-refractivity contribution is -0.121. The first kappa shape index (κ1) is 25.7. The first-order valence-corrected chi connectivity index (χ1v) is 13.6. The Kier molecular flexibility index (Phi) is 9.74. The molecular weight excluding hydrogens is 464 g/mol. The Hall–Kier alpha value is -3.38. The third-order valence-corrected chi connectivity index (χ3v) is 7.14. The molecule has 6 heteroatoms. The molecule has 0 saturated carbocycles. The molecule has 0 aliphatic rings. The van der Waals surface area contributed by atoms with Crippen molar-refractivity contribution >= 4 is 17.7 Å². The molecule has 1 aromatic heterocycles. The van der Waals surface area contributed by atoms with E-state index in [2.05, 4.69) is 75.5 Å². The minimum absolute atomic E-state index is 0.0961. The molecule has 0 fully saturated rings. The largest absolute Gasteiger partial charge is 0.352 e. The van der Waals surface area contributed by atoms with Crippen LogP contribution in [0.2, 0.25) is 0 Å². The summed E-state index contributed by atoms with van der Waals surface area (Å²) >= 11 is 1.74. The smallest absolute Gasteiger partial charge is 0.220 e. The molecular formula is C30H34N4OS. The molecule has 0 unspecified atom stereocenters. The second kappa shape index (κ2) is 13.6. The van der Waals surface area contributed by atoms with Gasteiger partial charge in [0.1, 0.15) is 5.82 Å². The zero-order valence-electron chi connectivity index (χ0n) is 20.9. The maximum atomic E-state index is 12.3. The SMILES string of the molecule is Cc1cccc(CSc2nnc(CCCCC(=O)NCc3ccccc3)n2CCc2ccccc2)c1. The molecule has 0 bridgehead atoms. The lowest BCUT2D eigenvalue weighted by Gasteiger charge is -2.11.